The molecule has 0 fully saturated rings. The van der Waals surface area contributed by atoms with Gasteiger partial charge in [-0.15, -0.1) is 0 Å². The Bertz CT molecular complexity index is 451. The smallest absolute Gasteiger partial charge is 0.205 e. The molecule has 1 aromatic carbocycles. The van der Waals surface area contributed by atoms with E-state index in [4.69, 9.17) is 0 Å². The van der Waals surface area contributed by atoms with Gasteiger partial charge in [0, 0.05) is 0 Å². The molecule has 2 rings (SSSR count). The number of hydrogen-bond acceptors (Lipinski definition) is 1. The minimum atomic E-state index is -0.367. The van der Waals surface area contributed by atoms with Gasteiger partial charge in [-0.1, -0.05) is 18.2 Å². The highest BCUT2D eigenvalue weighted by molar-refractivity contribution is 9.10. The fourth-order valence-electron chi connectivity index (χ4n) is 1.22. The Morgan fingerprint density at radius 2 is 1.93 bits per heavy atom. The molecule has 72 valence electrons. The molecular formula is C10H8BrFN2. The van der Waals surface area contributed by atoms with Gasteiger partial charge in [0.1, 0.15) is 0 Å². The molecule has 0 aliphatic heterocycles. The number of para-hydroxylation sites is 1. The molecule has 2 aromatic rings. The molecule has 2 nitrogen and oxygen atoms in total. The quantitative estimate of drug-likeness (QED) is 0.765. The summed E-state index contributed by atoms with van der Waals surface area (Å²) in [5.74, 6) is -0.367. The van der Waals surface area contributed by atoms with Crippen LogP contribution in [0.1, 0.15) is 5.69 Å². The number of halogens is 2. The standard InChI is InChI=1S/C10H8BrFN2/c1-7-9(11)10(12)14(13-7)8-5-3-2-4-6-8/h2-6H,1H3. The van der Waals surface area contributed by atoms with Crippen molar-refractivity contribution in [2.75, 3.05) is 0 Å². The summed E-state index contributed by atoms with van der Waals surface area (Å²) >= 11 is 3.14. The van der Waals surface area contributed by atoms with Crippen molar-refractivity contribution in [3.63, 3.8) is 0 Å². The fourth-order valence-corrected chi connectivity index (χ4v) is 1.47. The number of aromatic nitrogens is 2. The van der Waals surface area contributed by atoms with Crippen LogP contribution in [0.2, 0.25) is 0 Å². The van der Waals surface area contributed by atoms with Crippen LogP contribution < -0.4 is 0 Å². The van der Waals surface area contributed by atoms with E-state index in [-0.39, 0.29) is 5.95 Å². The molecule has 0 unspecified atom stereocenters. The first-order chi connectivity index (χ1) is 6.70. The van der Waals surface area contributed by atoms with Crippen LogP contribution in [0, 0.1) is 12.9 Å². The number of aryl methyl sites for hydroxylation is 1. The molecule has 0 aliphatic rings. The second-order valence-corrected chi connectivity index (χ2v) is 3.73. The van der Waals surface area contributed by atoms with Crippen molar-refractivity contribution >= 4 is 15.9 Å². The molecule has 1 aromatic heterocycles. The second kappa shape index (κ2) is 3.53. The molecule has 0 N–H and O–H groups in total. The number of nitrogens with zero attached hydrogens (tertiary/aromatic N) is 2. The number of benzene rings is 1. The lowest BCUT2D eigenvalue weighted by molar-refractivity contribution is 0.532. The van der Waals surface area contributed by atoms with Crippen molar-refractivity contribution < 1.29 is 4.39 Å². The van der Waals surface area contributed by atoms with Crippen LogP contribution in [0.25, 0.3) is 5.69 Å². The monoisotopic (exact) mass is 254 g/mol. The van der Waals surface area contributed by atoms with E-state index < -0.39 is 0 Å². The van der Waals surface area contributed by atoms with Crippen molar-refractivity contribution in [1.82, 2.24) is 9.78 Å². The second-order valence-electron chi connectivity index (χ2n) is 2.94. The lowest BCUT2D eigenvalue weighted by atomic mass is 10.3. The van der Waals surface area contributed by atoms with Crippen LogP contribution >= 0.6 is 15.9 Å². The van der Waals surface area contributed by atoms with Gasteiger partial charge in [-0.25, -0.2) is 4.68 Å². The summed E-state index contributed by atoms with van der Waals surface area (Å²) < 4.78 is 15.3. The van der Waals surface area contributed by atoms with Crippen LogP contribution in [0.3, 0.4) is 0 Å². The van der Waals surface area contributed by atoms with Gasteiger partial charge in [0.25, 0.3) is 0 Å². The normalized spacial score (nSPS) is 10.5. The van der Waals surface area contributed by atoms with Crippen LogP contribution in [-0.4, -0.2) is 9.78 Å². The van der Waals surface area contributed by atoms with Gasteiger partial charge in [-0.05, 0) is 35.0 Å². The lowest BCUT2D eigenvalue weighted by Gasteiger charge is -2.00. The summed E-state index contributed by atoms with van der Waals surface area (Å²) in [6.45, 7) is 1.76. The molecule has 4 heteroatoms. The average molecular weight is 255 g/mol. The average Bonchev–Trinajstić information content (AvgIpc) is 2.47. The molecule has 0 radical (unpaired) electrons. The first kappa shape index (κ1) is 9.40. The highest BCUT2D eigenvalue weighted by Crippen LogP contribution is 2.21. The van der Waals surface area contributed by atoms with Crippen LogP contribution in [0.4, 0.5) is 4.39 Å². The van der Waals surface area contributed by atoms with Gasteiger partial charge in [0.2, 0.25) is 5.95 Å². The zero-order valence-corrected chi connectivity index (χ0v) is 9.12. The van der Waals surface area contributed by atoms with E-state index in [9.17, 15) is 4.39 Å². The maximum atomic E-state index is 13.6. The maximum Gasteiger partial charge on any atom is 0.230 e. The molecular weight excluding hydrogens is 247 g/mol. The Morgan fingerprint density at radius 1 is 1.29 bits per heavy atom. The predicted molar refractivity (Wildman–Crippen MR) is 56.0 cm³/mol. The van der Waals surface area contributed by atoms with E-state index in [1.807, 2.05) is 30.3 Å². The first-order valence-electron chi connectivity index (χ1n) is 4.16. The molecule has 0 saturated carbocycles. The lowest BCUT2D eigenvalue weighted by Crippen LogP contribution is -1.99. The molecule has 0 bridgehead atoms. The third kappa shape index (κ3) is 1.46. The molecule has 0 saturated heterocycles. The van der Waals surface area contributed by atoms with Crippen molar-refractivity contribution in [2.45, 2.75) is 6.92 Å². The maximum absolute atomic E-state index is 13.6. The Morgan fingerprint density at radius 3 is 2.43 bits per heavy atom. The van der Waals surface area contributed by atoms with Crippen molar-refractivity contribution in [3.05, 3.63) is 46.4 Å². The highest BCUT2D eigenvalue weighted by Gasteiger charge is 2.12. The summed E-state index contributed by atoms with van der Waals surface area (Å²) in [4.78, 5) is 0. The van der Waals surface area contributed by atoms with E-state index in [1.165, 1.54) is 4.68 Å². The van der Waals surface area contributed by atoms with Gasteiger partial charge >= 0.3 is 0 Å². The summed E-state index contributed by atoms with van der Waals surface area (Å²) in [5.41, 5.74) is 1.37. The van der Waals surface area contributed by atoms with Crippen molar-refractivity contribution in [2.24, 2.45) is 0 Å². The highest BCUT2D eigenvalue weighted by atomic mass is 79.9. The van der Waals surface area contributed by atoms with Gasteiger partial charge in [-0.3, -0.25) is 0 Å². The number of hydrogen-bond donors (Lipinski definition) is 0. The summed E-state index contributed by atoms with van der Waals surface area (Å²) in [5, 5.41) is 4.07. The van der Waals surface area contributed by atoms with Gasteiger partial charge < -0.3 is 0 Å². The Labute approximate surface area is 89.5 Å². The molecule has 0 amide bonds. The predicted octanol–water partition coefficient (Wildman–Crippen LogP) is 3.08. The van der Waals surface area contributed by atoms with Crippen LogP contribution in [0.5, 0.6) is 0 Å². The summed E-state index contributed by atoms with van der Waals surface area (Å²) in [7, 11) is 0. The minimum absolute atomic E-state index is 0.367. The van der Waals surface area contributed by atoms with E-state index in [0.717, 1.165) is 5.69 Å². The molecule has 0 aliphatic carbocycles. The first-order valence-corrected chi connectivity index (χ1v) is 4.95. The van der Waals surface area contributed by atoms with Gasteiger partial charge in [0.05, 0.1) is 15.9 Å². The third-order valence-corrected chi connectivity index (χ3v) is 2.84. The van der Waals surface area contributed by atoms with E-state index in [0.29, 0.717) is 10.2 Å². The topological polar surface area (TPSA) is 17.8 Å². The minimum Gasteiger partial charge on any atom is -0.205 e. The fraction of sp³-hybridized carbons (Fsp3) is 0.100. The van der Waals surface area contributed by atoms with Gasteiger partial charge in [-0.2, -0.15) is 9.49 Å². The Balaban J connectivity index is 2.58. The molecule has 0 spiro atoms. The molecule has 0 atom stereocenters. The summed E-state index contributed by atoms with van der Waals surface area (Å²) in [6.07, 6.45) is 0. The van der Waals surface area contributed by atoms with E-state index in [1.54, 1.807) is 6.92 Å². The van der Waals surface area contributed by atoms with E-state index >= 15 is 0 Å². The molecule has 1 heterocycles. The van der Waals surface area contributed by atoms with E-state index in [2.05, 4.69) is 21.0 Å². The summed E-state index contributed by atoms with van der Waals surface area (Å²) in [6, 6.07) is 9.19. The third-order valence-electron chi connectivity index (χ3n) is 1.94. The van der Waals surface area contributed by atoms with Crippen LogP contribution in [-0.2, 0) is 0 Å². The van der Waals surface area contributed by atoms with Crippen molar-refractivity contribution in [3.8, 4) is 5.69 Å². The van der Waals surface area contributed by atoms with Gasteiger partial charge in [0.15, 0.2) is 0 Å². The Hall–Kier alpha value is -1.16. The SMILES string of the molecule is Cc1nn(-c2ccccc2)c(F)c1Br. The number of rotatable bonds is 1. The van der Waals surface area contributed by atoms with Crippen LogP contribution in [0.15, 0.2) is 34.8 Å². The zero-order valence-electron chi connectivity index (χ0n) is 7.54. The molecule has 14 heavy (non-hydrogen) atoms. The zero-order chi connectivity index (χ0) is 10.1. The van der Waals surface area contributed by atoms with Crippen molar-refractivity contribution in [1.29, 1.82) is 0 Å². The largest absolute Gasteiger partial charge is 0.230 e. The Kier molecular flexibility index (Phi) is 2.37.